The summed E-state index contributed by atoms with van der Waals surface area (Å²) in [6, 6.07) is 8.26. The average Bonchev–Trinajstić information content (AvgIpc) is 3.24. The second-order valence-electron chi connectivity index (χ2n) is 10.3. The normalized spacial score (nSPS) is 15.3. The first-order chi connectivity index (χ1) is 19.3. The summed E-state index contributed by atoms with van der Waals surface area (Å²) < 4.78 is 42.8. The van der Waals surface area contributed by atoms with E-state index in [0.29, 0.717) is 28.4 Å². The molecule has 1 amide bonds. The van der Waals surface area contributed by atoms with Crippen molar-refractivity contribution in [1.29, 1.82) is 0 Å². The molecule has 3 aromatic rings. The number of nitrogens with one attached hydrogen (secondary N) is 1. The van der Waals surface area contributed by atoms with E-state index in [0.717, 1.165) is 49.6 Å². The number of rotatable bonds is 8. The van der Waals surface area contributed by atoms with Crippen LogP contribution in [0.4, 0.5) is 18.9 Å². The molecule has 2 heterocycles. The van der Waals surface area contributed by atoms with Crippen molar-refractivity contribution >= 4 is 28.9 Å². The highest BCUT2D eigenvalue weighted by molar-refractivity contribution is 6.31. The molecule has 1 aromatic heterocycles. The van der Waals surface area contributed by atoms with Crippen molar-refractivity contribution in [3.05, 3.63) is 87.3 Å². The van der Waals surface area contributed by atoms with Gasteiger partial charge in [-0.1, -0.05) is 11.6 Å². The number of piperazine rings is 1. The molecular weight excluding hydrogens is 557 g/mol. The van der Waals surface area contributed by atoms with Crippen LogP contribution >= 0.6 is 11.6 Å². The first-order valence-electron chi connectivity index (χ1n) is 13.0. The molecule has 0 aliphatic carbocycles. The minimum atomic E-state index is -4.56. The van der Waals surface area contributed by atoms with Crippen molar-refractivity contribution in [2.75, 3.05) is 38.5 Å². The van der Waals surface area contributed by atoms with E-state index in [4.69, 9.17) is 23.2 Å². The summed E-state index contributed by atoms with van der Waals surface area (Å²) in [6.07, 6.45) is -1.38. The van der Waals surface area contributed by atoms with Gasteiger partial charge in [0.05, 0.1) is 24.0 Å². The lowest BCUT2D eigenvalue weighted by molar-refractivity contribution is -0.137. The summed E-state index contributed by atoms with van der Waals surface area (Å²) in [5.41, 5.74) is 8.67. The van der Waals surface area contributed by atoms with Crippen LogP contribution in [0.2, 0.25) is 5.02 Å². The molecule has 0 spiro atoms. The van der Waals surface area contributed by atoms with E-state index in [1.165, 1.54) is 17.3 Å². The zero-order chi connectivity index (χ0) is 29.9. The van der Waals surface area contributed by atoms with Crippen LogP contribution in [0.15, 0.2) is 48.8 Å². The van der Waals surface area contributed by atoms with Crippen LogP contribution in [0.1, 0.15) is 38.3 Å². The van der Waals surface area contributed by atoms with E-state index in [-0.39, 0.29) is 17.8 Å². The van der Waals surface area contributed by atoms with Crippen LogP contribution in [0.25, 0.3) is 5.70 Å². The predicted molar refractivity (Wildman–Crippen MR) is 153 cm³/mol. The van der Waals surface area contributed by atoms with E-state index >= 15 is 0 Å². The van der Waals surface area contributed by atoms with E-state index < -0.39 is 17.6 Å². The highest BCUT2D eigenvalue weighted by Gasteiger charge is 2.31. The largest absolute Gasteiger partial charge is 0.416 e. The molecule has 1 aliphatic rings. The number of carbonyl (C=O) groups is 1. The number of hydrogen-bond donors (Lipinski definition) is 3. The fourth-order valence-corrected chi connectivity index (χ4v) is 4.77. The van der Waals surface area contributed by atoms with Gasteiger partial charge in [-0.05, 0) is 61.5 Å². The molecule has 9 nitrogen and oxygen atoms in total. The maximum Gasteiger partial charge on any atom is 0.416 e. The SMILES string of the molecule is Cc1c(/C(N)=C/N(N)Cc2cc(C(=O)Nc3cc(CN4CCN(C)CC4)cc(C(F)(F)F)c3)ccc2Cl)cnn1C. The van der Waals surface area contributed by atoms with Gasteiger partial charge in [-0.3, -0.25) is 14.4 Å². The Morgan fingerprint density at radius 3 is 2.49 bits per heavy atom. The number of carbonyl (C=O) groups excluding carboxylic acids is 1. The number of benzene rings is 2. The van der Waals surface area contributed by atoms with Gasteiger partial charge in [0.25, 0.3) is 5.91 Å². The van der Waals surface area contributed by atoms with Crippen molar-refractivity contribution in [2.24, 2.45) is 18.6 Å². The van der Waals surface area contributed by atoms with Crippen LogP contribution in [0, 0.1) is 6.92 Å². The first kappa shape index (κ1) is 30.4. The van der Waals surface area contributed by atoms with Gasteiger partial charge in [0, 0.05) is 73.5 Å². The summed E-state index contributed by atoms with van der Waals surface area (Å²) in [4.78, 5) is 17.4. The number of halogens is 4. The summed E-state index contributed by atoms with van der Waals surface area (Å²) in [6.45, 7) is 5.54. The van der Waals surface area contributed by atoms with Crippen molar-refractivity contribution in [3.63, 3.8) is 0 Å². The zero-order valence-electron chi connectivity index (χ0n) is 23.2. The smallest absolute Gasteiger partial charge is 0.397 e. The maximum absolute atomic E-state index is 13.7. The molecule has 220 valence electrons. The van der Waals surface area contributed by atoms with Crippen LogP contribution in [0.3, 0.4) is 0 Å². The summed E-state index contributed by atoms with van der Waals surface area (Å²) >= 11 is 6.37. The fraction of sp³-hybridized carbons (Fsp3) is 0.357. The number of aromatic nitrogens is 2. The Labute approximate surface area is 242 Å². The Morgan fingerprint density at radius 2 is 1.85 bits per heavy atom. The molecule has 0 saturated carbocycles. The zero-order valence-corrected chi connectivity index (χ0v) is 23.9. The average molecular weight is 591 g/mol. The topological polar surface area (TPSA) is 109 Å². The van der Waals surface area contributed by atoms with Crippen molar-refractivity contribution in [2.45, 2.75) is 26.2 Å². The molecule has 0 bridgehead atoms. The summed E-state index contributed by atoms with van der Waals surface area (Å²) in [5, 5.41) is 8.50. The molecule has 2 aromatic carbocycles. The van der Waals surface area contributed by atoms with Gasteiger partial charge in [-0.25, -0.2) is 5.84 Å². The number of aryl methyl sites for hydroxylation is 1. The van der Waals surface area contributed by atoms with Gasteiger partial charge >= 0.3 is 6.18 Å². The number of likely N-dealkylation sites (N-methyl/N-ethyl adjacent to an activating group) is 1. The molecular formula is C28H34ClF3N8O. The Kier molecular flexibility index (Phi) is 9.27. The van der Waals surface area contributed by atoms with E-state index in [1.54, 1.807) is 36.1 Å². The number of nitrogens with zero attached hydrogens (tertiary/aromatic N) is 5. The highest BCUT2D eigenvalue weighted by Crippen LogP contribution is 2.33. The van der Waals surface area contributed by atoms with Crippen molar-refractivity contribution < 1.29 is 18.0 Å². The fourth-order valence-electron chi connectivity index (χ4n) is 4.60. The monoisotopic (exact) mass is 590 g/mol. The molecule has 0 radical (unpaired) electrons. The van der Waals surface area contributed by atoms with Gasteiger partial charge in [-0.2, -0.15) is 18.3 Å². The quantitative estimate of drug-likeness (QED) is 0.268. The van der Waals surface area contributed by atoms with Crippen molar-refractivity contribution in [1.82, 2.24) is 24.6 Å². The minimum absolute atomic E-state index is 0.0634. The molecule has 13 heteroatoms. The molecule has 0 unspecified atom stereocenters. The van der Waals surface area contributed by atoms with Gasteiger partial charge in [0.1, 0.15) is 0 Å². The molecule has 4 rings (SSSR count). The molecule has 1 saturated heterocycles. The first-order valence-corrected chi connectivity index (χ1v) is 13.4. The predicted octanol–water partition coefficient (Wildman–Crippen LogP) is 4.03. The second-order valence-corrected chi connectivity index (χ2v) is 10.7. The third-order valence-electron chi connectivity index (χ3n) is 7.09. The Morgan fingerprint density at radius 1 is 1.15 bits per heavy atom. The number of amides is 1. The standard InChI is InChI=1S/C28H34ClF3N8O/c1-18-24(14-35-38(18)3)26(33)17-40(34)16-21-12-20(4-5-25(21)29)27(41)36-23-11-19(10-22(13-23)28(30,31)32)15-39-8-6-37(2)7-9-39/h4-5,10-14,17H,6-9,15-16,33-34H2,1-3H3,(H,36,41)/b26-17-. The number of alkyl halides is 3. The Hall–Kier alpha value is -3.58. The number of hydrazine groups is 1. The van der Waals surface area contributed by atoms with Gasteiger partial charge in [0.15, 0.2) is 0 Å². The molecule has 5 N–H and O–H groups in total. The Balaban J connectivity index is 1.51. The molecule has 0 atom stereocenters. The Bertz CT molecular complexity index is 1430. The molecule has 1 aliphatic heterocycles. The third kappa shape index (κ3) is 7.79. The summed E-state index contributed by atoms with van der Waals surface area (Å²) in [7, 11) is 3.81. The summed E-state index contributed by atoms with van der Waals surface area (Å²) in [5.74, 6) is 5.58. The van der Waals surface area contributed by atoms with Crippen LogP contribution in [-0.4, -0.2) is 63.7 Å². The van der Waals surface area contributed by atoms with Gasteiger partial charge in [-0.15, -0.1) is 0 Å². The number of anilines is 1. The van der Waals surface area contributed by atoms with Gasteiger partial charge in [0.2, 0.25) is 0 Å². The second kappa shape index (κ2) is 12.5. The maximum atomic E-state index is 13.7. The minimum Gasteiger partial charge on any atom is -0.397 e. The number of hydrogen-bond acceptors (Lipinski definition) is 7. The van der Waals surface area contributed by atoms with Crippen molar-refractivity contribution in [3.8, 4) is 0 Å². The lowest BCUT2D eigenvalue weighted by atomic mass is 10.1. The lowest BCUT2D eigenvalue weighted by Gasteiger charge is -2.32. The highest BCUT2D eigenvalue weighted by atomic mass is 35.5. The van der Waals surface area contributed by atoms with Crippen LogP contribution in [-0.2, 0) is 26.3 Å². The van der Waals surface area contributed by atoms with Gasteiger partial charge < -0.3 is 21.0 Å². The van der Waals surface area contributed by atoms with E-state index in [1.807, 2.05) is 14.0 Å². The third-order valence-corrected chi connectivity index (χ3v) is 7.46. The van der Waals surface area contributed by atoms with Crippen LogP contribution < -0.4 is 16.9 Å². The molecule has 1 fully saturated rings. The van der Waals surface area contributed by atoms with E-state index in [2.05, 4.69) is 20.2 Å². The number of nitrogens with two attached hydrogens (primary N) is 2. The molecule has 41 heavy (non-hydrogen) atoms. The van der Waals surface area contributed by atoms with Crippen LogP contribution in [0.5, 0.6) is 0 Å². The van der Waals surface area contributed by atoms with E-state index in [9.17, 15) is 18.0 Å². The lowest BCUT2D eigenvalue weighted by Crippen LogP contribution is -2.43.